The summed E-state index contributed by atoms with van der Waals surface area (Å²) in [5.74, 6) is 0.727. The fourth-order valence-electron chi connectivity index (χ4n) is 7.30. The number of fused-ring (bicyclic) bond motifs is 3. The second-order valence-electron chi connectivity index (χ2n) is 10.7. The number of piperidine rings is 1. The van der Waals surface area contributed by atoms with Crippen molar-refractivity contribution < 1.29 is 9.53 Å². The van der Waals surface area contributed by atoms with Gasteiger partial charge >= 0.3 is 5.97 Å². The van der Waals surface area contributed by atoms with E-state index < -0.39 is 0 Å². The van der Waals surface area contributed by atoms with Crippen molar-refractivity contribution >= 4 is 5.97 Å². The molecule has 1 aromatic heterocycles. The molecule has 7 rings (SSSR count). The van der Waals surface area contributed by atoms with Crippen LogP contribution in [0.2, 0.25) is 0 Å². The largest absolute Gasteiger partial charge is 0.458 e. The predicted octanol–water partition coefficient (Wildman–Crippen LogP) is 6.21. The third-order valence-corrected chi connectivity index (χ3v) is 8.78. The number of rotatable bonds is 5. The molecule has 0 amide bonds. The zero-order valence-electron chi connectivity index (χ0n) is 20.3. The highest BCUT2D eigenvalue weighted by Crippen LogP contribution is 2.60. The van der Waals surface area contributed by atoms with Gasteiger partial charge in [0, 0.05) is 30.3 Å². The fourth-order valence-corrected chi connectivity index (χ4v) is 7.30. The Kier molecular flexibility index (Phi) is 6.15. The molecular weight excluding hydrogens is 432 g/mol. The molecule has 2 heterocycles. The number of likely N-dealkylation sites (tertiary alicyclic amines) is 1. The van der Waals surface area contributed by atoms with Crippen LogP contribution in [-0.4, -0.2) is 40.6 Å². The van der Waals surface area contributed by atoms with Gasteiger partial charge in [-0.05, 0) is 73.9 Å². The molecule has 1 saturated heterocycles. The average molecular weight is 467 g/mol. The number of pyridine rings is 1. The molecule has 2 aromatic carbocycles. The van der Waals surface area contributed by atoms with Gasteiger partial charge in [-0.15, -0.1) is 0 Å². The van der Waals surface area contributed by atoms with Gasteiger partial charge in [0.2, 0.25) is 0 Å². The van der Waals surface area contributed by atoms with Crippen molar-refractivity contribution in [2.45, 2.75) is 62.0 Å². The number of aromatic nitrogens is 1. The molecule has 4 fully saturated rings. The van der Waals surface area contributed by atoms with E-state index in [1.807, 2.05) is 0 Å². The molecule has 4 heteroatoms. The number of esters is 1. The number of ether oxygens (including phenoxy) is 1. The molecular formula is C31H34N2O2. The Balaban J connectivity index is 1.43. The van der Waals surface area contributed by atoms with Gasteiger partial charge in [-0.3, -0.25) is 9.88 Å². The van der Waals surface area contributed by atoms with Gasteiger partial charge in [0.05, 0.1) is 5.56 Å². The van der Waals surface area contributed by atoms with Crippen LogP contribution < -0.4 is 0 Å². The van der Waals surface area contributed by atoms with Gasteiger partial charge in [-0.2, -0.15) is 0 Å². The molecule has 35 heavy (non-hydrogen) atoms. The lowest BCUT2D eigenvalue weighted by Gasteiger charge is -2.62. The highest BCUT2D eigenvalue weighted by Gasteiger charge is 2.59. The van der Waals surface area contributed by atoms with Crippen molar-refractivity contribution in [2.75, 3.05) is 13.1 Å². The summed E-state index contributed by atoms with van der Waals surface area (Å²) in [5, 5.41) is 0. The number of nitrogens with zero attached hydrogens (tertiary/aromatic N) is 2. The summed E-state index contributed by atoms with van der Waals surface area (Å²) >= 11 is 0. The molecule has 2 bridgehead atoms. The standard InChI is InChI=1S/C31H34N2O2/c34-30(25-15-10-16-32-22-25)35-28-21-31(33-17-8-3-9-18-33)19-26(23-11-4-1-5-12-23)29(28)27(20-31)24-13-6-2-7-14-24/h1-2,4-7,10-16,22,26-29H,3,8-9,17-21H2/t26-,27-,28+,29?,31?/m0/s1. The Hall–Kier alpha value is -2.98. The summed E-state index contributed by atoms with van der Waals surface area (Å²) in [6.45, 7) is 2.30. The van der Waals surface area contributed by atoms with Crippen molar-refractivity contribution in [3.63, 3.8) is 0 Å². The van der Waals surface area contributed by atoms with Crippen molar-refractivity contribution in [3.05, 3.63) is 102 Å². The molecule has 3 atom stereocenters. The van der Waals surface area contributed by atoms with E-state index in [-0.39, 0.29) is 23.5 Å². The van der Waals surface area contributed by atoms with Gasteiger partial charge in [-0.25, -0.2) is 4.79 Å². The van der Waals surface area contributed by atoms with Gasteiger partial charge in [0.15, 0.2) is 0 Å². The summed E-state index contributed by atoms with van der Waals surface area (Å²) in [7, 11) is 0. The Morgan fingerprint density at radius 2 is 1.43 bits per heavy atom. The lowest BCUT2D eigenvalue weighted by atomic mass is 9.51. The Bertz CT molecular complexity index is 1080. The molecule has 0 radical (unpaired) electrons. The molecule has 0 spiro atoms. The first-order valence-corrected chi connectivity index (χ1v) is 13.2. The fraction of sp³-hybridized carbons (Fsp3) is 0.419. The minimum absolute atomic E-state index is 0.0517. The SMILES string of the molecule is O=C(O[C@@H]1CC2(N3CCCCC3)C[C@@H](c3ccccc3)C1[C@H](c1ccccc1)C2)c1cccnc1. The van der Waals surface area contributed by atoms with Gasteiger partial charge < -0.3 is 4.74 Å². The zero-order chi connectivity index (χ0) is 23.7. The summed E-state index contributed by atoms with van der Waals surface area (Å²) in [6, 6.07) is 25.5. The van der Waals surface area contributed by atoms with E-state index >= 15 is 0 Å². The highest BCUT2D eigenvalue weighted by atomic mass is 16.5. The Morgan fingerprint density at radius 1 is 0.800 bits per heavy atom. The number of hydrogen-bond donors (Lipinski definition) is 0. The van der Waals surface area contributed by atoms with Gasteiger partial charge in [0.1, 0.15) is 6.10 Å². The maximum absolute atomic E-state index is 13.3. The topological polar surface area (TPSA) is 42.4 Å². The number of carbonyl (C=O) groups is 1. The molecule has 4 nitrogen and oxygen atoms in total. The first kappa shape index (κ1) is 22.5. The molecule has 180 valence electrons. The van der Waals surface area contributed by atoms with Crippen molar-refractivity contribution in [3.8, 4) is 0 Å². The van der Waals surface area contributed by atoms with Crippen LogP contribution in [0.15, 0.2) is 85.2 Å². The molecule has 3 saturated carbocycles. The summed E-state index contributed by atoms with van der Waals surface area (Å²) in [6.07, 6.45) is 10.2. The minimum Gasteiger partial charge on any atom is -0.458 e. The quantitative estimate of drug-likeness (QED) is 0.419. The third-order valence-electron chi connectivity index (χ3n) is 8.78. The van der Waals surface area contributed by atoms with Crippen molar-refractivity contribution in [1.82, 2.24) is 9.88 Å². The second kappa shape index (κ2) is 9.58. The molecule has 1 aliphatic heterocycles. The summed E-state index contributed by atoms with van der Waals surface area (Å²) in [4.78, 5) is 20.2. The van der Waals surface area contributed by atoms with Crippen molar-refractivity contribution in [2.24, 2.45) is 5.92 Å². The number of benzene rings is 2. The summed E-state index contributed by atoms with van der Waals surface area (Å²) in [5.41, 5.74) is 3.34. The van der Waals surface area contributed by atoms with E-state index in [9.17, 15) is 4.79 Å². The Morgan fingerprint density at radius 3 is 2.00 bits per heavy atom. The smallest absolute Gasteiger partial charge is 0.339 e. The molecule has 3 aromatic rings. The van der Waals surface area contributed by atoms with Crippen LogP contribution in [0, 0.1) is 5.92 Å². The van der Waals surface area contributed by atoms with Crippen LogP contribution in [0.3, 0.4) is 0 Å². The second-order valence-corrected chi connectivity index (χ2v) is 10.7. The number of carbonyl (C=O) groups excluding carboxylic acids is 1. The van der Waals surface area contributed by atoms with Crippen LogP contribution >= 0.6 is 0 Å². The third kappa shape index (κ3) is 4.29. The monoisotopic (exact) mass is 466 g/mol. The molecule has 0 unspecified atom stereocenters. The summed E-state index contributed by atoms with van der Waals surface area (Å²) < 4.78 is 6.43. The maximum atomic E-state index is 13.3. The number of hydrogen-bond acceptors (Lipinski definition) is 4. The van der Waals surface area contributed by atoms with Crippen LogP contribution in [0.4, 0.5) is 0 Å². The zero-order valence-corrected chi connectivity index (χ0v) is 20.3. The molecule has 4 aliphatic rings. The minimum atomic E-state index is -0.247. The van der Waals surface area contributed by atoms with Crippen LogP contribution in [0.5, 0.6) is 0 Å². The first-order chi connectivity index (χ1) is 17.2. The maximum Gasteiger partial charge on any atom is 0.339 e. The molecule has 0 N–H and O–H groups in total. The van der Waals surface area contributed by atoms with Crippen LogP contribution in [0.25, 0.3) is 0 Å². The lowest BCUT2D eigenvalue weighted by molar-refractivity contribution is -0.115. The van der Waals surface area contributed by atoms with Gasteiger partial charge in [-0.1, -0.05) is 67.1 Å². The van der Waals surface area contributed by atoms with Crippen LogP contribution in [-0.2, 0) is 4.74 Å². The van der Waals surface area contributed by atoms with E-state index in [1.54, 1.807) is 24.5 Å². The van der Waals surface area contributed by atoms with Crippen molar-refractivity contribution in [1.29, 1.82) is 0 Å². The Labute approximate surface area is 208 Å². The normalized spacial score (nSPS) is 30.6. The lowest BCUT2D eigenvalue weighted by Crippen LogP contribution is -2.64. The van der Waals surface area contributed by atoms with E-state index in [0.717, 1.165) is 32.4 Å². The first-order valence-electron chi connectivity index (χ1n) is 13.2. The predicted molar refractivity (Wildman–Crippen MR) is 137 cm³/mol. The molecule has 3 aliphatic carbocycles. The average Bonchev–Trinajstić information content (AvgIpc) is 2.95. The van der Waals surface area contributed by atoms with Crippen LogP contribution in [0.1, 0.15) is 71.8 Å². The van der Waals surface area contributed by atoms with Gasteiger partial charge in [0.25, 0.3) is 0 Å². The van der Waals surface area contributed by atoms with E-state index in [2.05, 4.69) is 70.5 Å². The van der Waals surface area contributed by atoms with E-state index in [0.29, 0.717) is 17.4 Å². The highest BCUT2D eigenvalue weighted by molar-refractivity contribution is 5.89. The van der Waals surface area contributed by atoms with E-state index in [4.69, 9.17) is 4.74 Å². The van der Waals surface area contributed by atoms with E-state index in [1.165, 1.54) is 30.4 Å².